The number of hydrogen-bond donors (Lipinski definition) is 1. The van der Waals surface area contributed by atoms with Crippen LogP contribution in [0, 0.1) is 0 Å². The lowest BCUT2D eigenvalue weighted by molar-refractivity contribution is 0.0127. The molecular formula is C10H22N2O. The molecule has 0 aromatic heterocycles. The van der Waals surface area contributed by atoms with E-state index in [1.807, 2.05) is 13.8 Å². The SMILES string of the molecule is CCCN=C(C)C(C)(CCC)ON. The topological polar surface area (TPSA) is 47.6 Å². The van der Waals surface area contributed by atoms with Crippen LogP contribution in [0.1, 0.15) is 47.0 Å². The van der Waals surface area contributed by atoms with Crippen LogP contribution < -0.4 is 5.90 Å². The third kappa shape index (κ3) is 3.87. The summed E-state index contributed by atoms with van der Waals surface area (Å²) in [6.07, 6.45) is 3.03. The van der Waals surface area contributed by atoms with E-state index in [1.54, 1.807) is 0 Å². The standard InChI is InChI=1S/C10H22N2O/c1-5-7-10(4,13-11)9(3)12-8-6-2/h5-8,11H2,1-4H3. The first-order valence-corrected chi connectivity index (χ1v) is 5.00. The van der Waals surface area contributed by atoms with Crippen molar-refractivity contribution in [3.05, 3.63) is 0 Å². The molecule has 0 saturated carbocycles. The second-order valence-electron chi connectivity index (χ2n) is 3.57. The predicted octanol–water partition coefficient (Wildman–Crippen LogP) is 2.31. The average Bonchev–Trinajstić information content (AvgIpc) is 2.14. The summed E-state index contributed by atoms with van der Waals surface area (Å²) in [5.74, 6) is 5.28. The monoisotopic (exact) mass is 186 g/mol. The molecule has 0 bridgehead atoms. The molecule has 0 heterocycles. The van der Waals surface area contributed by atoms with Gasteiger partial charge in [0.05, 0.1) is 0 Å². The van der Waals surface area contributed by atoms with E-state index in [0.717, 1.165) is 31.5 Å². The second-order valence-corrected chi connectivity index (χ2v) is 3.57. The van der Waals surface area contributed by atoms with E-state index in [2.05, 4.69) is 18.8 Å². The summed E-state index contributed by atoms with van der Waals surface area (Å²) in [6.45, 7) is 9.05. The molecule has 0 fully saturated rings. The molecule has 13 heavy (non-hydrogen) atoms. The van der Waals surface area contributed by atoms with Gasteiger partial charge in [0.25, 0.3) is 0 Å². The van der Waals surface area contributed by atoms with E-state index in [9.17, 15) is 0 Å². The summed E-state index contributed by atoms with van der Waals surface area (Å²) in [4.78, 5) is 9.42. The van der Waals surface area contributed by atoms with Crippen LogP contribution in [-0.4, -0.2) is 17.9 Å². The van der Waals surface area contributed by atoms with Crippen LogP contribution in [-0.2, 0) is 4.84 Å². The lowest BCUT2D eigenvalue weighted by Crippen LogP contribution is -2.39. The van der Waals surface area contributed by atoms with Gasteiger partial charge in [0, 0.05) is 12.3 Å². The summed E-state index contributed by atoms with van der Waals surface area (Å²) in [5.41, 5.74) is 0.628. The Hall–Kier alpha value is -0.410. The van der Waals surface area contributed by atoms with Crippen LogP contribution in [0.15, 0.2) is 4.99 Å². The van der Waals surface area contributed by atoms with Gasteiger partial charge < -0.3 is 0 Å². The predicted molar refractivity (Wildman–Crippen MR) is 56.9 cm³/mol. The molecule has 0 saturated heterocycles. The van der Waals surface area contributed by atoms with E-state index >= 15 is 0 Å². The van der Waals surface area contributed by atoms with Crippen molar-refractivity contribution in [1.82, 2.24) is 0 Å². The fraction of sp³-hybridized carbons (Fsp3) is 0.900. The molecular weight excluding hydrogens is 164 g/mol. The van der Waals surface area contributed by atoms with Crippen LogP contribution in [0.3, 0.4) is 0 Å². The van der Waals surface area contributed by atoms with E-state index in [4.69, 9.17) is 10.7 Å². The lowest BCUT2D eigenvalue weighted by atomic mass is 9.95. The van der Waals surface area contributed by atoms with Crippen molar-refractivity contribution in [3.8, 4) is 0 Å². The number of rotatable bonds is 6. The minimum absolute atomic E-state index is 0.371. The molecule has 0 aliphatic carbocycles. The molecule has 0 amide bonds. The number of nitrogens with zero attached hydrogens (tertiary/aromatic N) is 1. The molecule has 3 nitrogen and oxygen atoms in total. The van der Waals surface area contributed by atoms with E-state index < -0.39 is 0 Å². The highest BCUT2D eigenvalue weighted by molar-refractivity contribution is 5.90. The fourth-order valence-electron chi connectivity index (χ4n) is 1.25. The molecule has 0 aliphatic rings. The summed E-state index contributed by atoms with van der Waals surface area (Å²) in [5, 5.41) is 0. The maximum Gasteiger partial charge on any atom is 0.124 e. The lowest BCUT2D eigenvalue weighted by Gasteiger charge is -2.26. The highest BCUT2D eigenvalue weighted by Crippen LogP contribution is 2.17. The van der Waals surface area contributed by atoms with Gasteiger partial charge in [-0.1, -0.05) is 20.3 Å². The normalized spacial score (nSPS) is 17.2. The van der Waals surface area contributed by atoms with Crippen molar-refractivity contribution < 1.29 is 4.84 Å². The average molecular weight is 186 g/mol. The van der Waals surface area contributed by atoms with Gasteiger partial charge >= 0.3 is 0 Å². The Morgan fingerprint density at radius 1 is 1.38 bits per heavy atom. The summed E-state index contributed by atoms with van der Waals surface area (Å²) >= 11 is 0. The zero-order chi connectivity index (χ0) is 10.3. The Bertz CT molecular complexity index is 168. The largest absolute Gasteiger partial charge is 0.292 e. The number of aliphatic imine (C=N–C) groups is 1. The Morgan fingerprint density at radius 3 is 2.38 bits per heavy atom. The summed E-state index contributed by atoms with van der Waals surface area (Å²) in [6, 6.07) is 0. The van der Waals surface area contributed by atoms with Crippen molar-refractivity contribution in [3.63, 3.8) is 0 Å². The van der Waals surface area contributed by atoms with E-state index in [1.165, 1.54) is 0 Å². The van der Waals surface area contributed by atoms with Gasteiger partial charge in [-0.25, -0.2) is 5.90 Å². The van der Waals surface area contributed by atoms with Gasteiger partial charge in [-0.3, -0.25) is 9.83 Å². The molecule has 2 N–H and O–H groups in total. The molecule has 1 atom stereocenters. The zero-order valence-corrected chi connectivity index (χ0v) is 9.26. The number of hydrogen-bond acceptors (Lipinski definition) is 3. The Labute approximate surface area is 81.3 Å². The van der Waals surface area contributed by atoms with Gasteiger partial charge in [0.2, 0.25) is 0 Å². The molecule has 0 aromatic rings. The second kappa shape index (κ2) is 6.11. The Morgan fingerprint density at radius 2 is 2.00 bits per heavy atom. The highest BCUT2D eigenvalue weighted by atomic mass is 16.6. The third-order valence-corrected chi connectivity index (χ3v) is 2.33. The molecule has 1 unspecified atom stereocenters. The van der Waals surface area contributed by atoms with Crippen LogP contribution in [0.5, 0.6) is 0 Å². The van der Waals surface area contributed by atoms with Crippen LogP contribution in [0.25, 0.3) is 0 Å². The maximum absolute atomic E-state index is 5.28. The minimum atomic E-state index is -0.371. The minimum Gasteiger partial charge on any atom is -0.292 e. The Kier molecular flexibility index (Phi) is 5.91. The molecule has 3 heteroatoms. The van der Waals surface area contributed by atoms with Crippen molar-refractivity contribution >= 4 is 5.71 Å². The first-order valence-electron chi connectivity index (χ1n) is 5.00. The van der Waals surface area contributed by atoms with Crippen molar-refractivity contribution in [2.24, 2.45) is 10.9 Å². The fourth-order valence-corrected chi connectivity index (χ4v) is 1.25. The first-order chi connectivity index (χ1) is 6.10. The molecule has 0 aliphatic heterocycles. The van der Waals surface area contributed by atoms with Gasteiger partial charge in [-0.05, 0) is 26.7 Å². The van der Waals surface area contributed by atoms with Crippen LogP contribution in [0.4, 0.5) is 0 Å². The third-order valence-electron chi connectivity index (χ3n) is 2.33. The molecule has 78 valence electrons. The van der Waals surface area contributed by atoms with Crippen molar-refractivity contribution in [2.75, 3.05) is 6.54 Å². The Balaban J connectivity index is 4.35. The number of nitrogens with two attached hydrogens (primary N) is 1. The van der Waals surface area contributed by atoms with Gasteiger partial charge in [-0.2, -0.15) is 0 Å². The van der Waals surface area contributed by atoms with Crippen molar-refractivity contribution in [2.45, 2.75) is 52.6 Å². The van der Waals surface area contributed by atoms with Gasteiger partial charge in [-0.15, -0.1) is 0 Å². The first kappa shape index (κ1) is 12.6. The molecule has 0 aromatic carbocycles. The summed E-state index contributed by atoms with van der Waals surface area (Å²) < 4.78 is 0. The zero-order valence-electron chi connectivity index (χ0n) is 9.26. The molecule has 0 spiro atoms. The van der Waals surface area contributed by atoms with E-state index in [0.29, 0.717) is 0 Å². The molecule has 0 rings (SSSR count). The molecule has 0 radical (unpaired) electrons. The van der Waals surface area contributed by atoms with Crippen LogP contribution in [0.2, 0.25) is 0 Å². The van der Waals surface area contributed by atoms with Gasteiger partial charge in [0.1, 0.15) is 5.60 Å². The maximum atomic E-state index is 5.28. The van der Waals surface area contributed by atoms with E-state index in [-0.39, 0.29) is 5.60 Å². The summed E-state index contributed by atoms with van der Waals surface area (Å²) in [7, 11) is 0. The quantitative estimate of drug-likeness (QED) is 0.511. The van der Waals surface area contributed by atoms with Gasteiger partial charge in [0.15, 0.2) is 0 Å². The smallest absolute Gasteiger partial charge is 0.124 e. The van der Waals surface area contributed by atoms with Crippen molar-refractivity contribution in [1.29, 1.82) is 0 Å². The highest BCUT2D eigenvalue weighted by Gasteiger charge is 2.26. The van der Waals surface area contributed by atoms with Crippen LogP contribution >= 0.6 is 0 Å².